The molecule has 0 aromatic heterocycles. The van der Waals surface area contributed by atoms with Crippen LogP contribution in [0.1, 0.15) is 13.8 Å². The van der Waals surface area contributed by atoms with Crippen LogP contribution in [0.4, 0.5) is 0 Å². The first-order valence-electron chi connectivity index (χ1n) is 1.76. The second kappa shape index (κ2) is 3.03. The van der Waals surface area contributed by atoms with Gasteiger partial charge in [0.1, 0.15) is 0 Å². The minimum absolute atomic E-state index is 0.0275. The van der Waals surface area contributed by atoms with Crippen LogP contribution in [0.25, 0.3) is 0 Å². The Morgan fingerprint density at radius 1 is 1.14 bits per heavy atom. The Morgan fingerprint density at radius 3 is 1.43 bits per heavy atom. The summed E-state index contributed by atoms with van der Waals surface area (Å²) in [7, 11) is 0. The van der Waals surface area contributed by atoms with E-state index in [2.05, 4.69) is 0 Å². The molecule has 0 unspecified atom stereocenters. The summed E-state index contributed by atoms with van der Waals surface area (Å²) >= 11 is -0.617. The first kappa shape index (κ1) is 6.96. The average molecular weight is 187 g/mol. The summed E-state index contributed by atoms with van der Waals surface area (Å²) in [5.74, 6) is 0. The number of carbonyl (C=O) groups excluding carboxylic acids is 2. The molecule has 0 bridgehead atoms. The molecule has 7 heavy (non-hydrogen) atoms. The summed E-state index contributed by atoms with van der Waals surface area (Å²) in [5.41, 5.74) is 0. The molecule has 0 saturated carbocycles. The summed E-state index contributed by atoms with van der Waals surface area (Å²) in [6.45, 7) is 2.89. The molecular formula is C4H6O2Ru. The van der Waals surface area contributed by atoms with Gasteiger partial charge < -0.3 is 0 Å². The van der Waals surface area contributed by atoms with Crippen molar-refractivity contribution in [1.82, 2.24) is 0 Å². The molecule has 42 valence electrons. The molecule has 0 aliphatic rings. The molecule has 0 aromatic carbocycles. The van der Waals surface area contributed by atoms with Crippen molar-refractivity contribution in [2.45, 2.75) is 13.8 Å². The Morgan fingerprint density at radius 2 is 1.43 bits per heavy atom. The zero-order valence-electron chi connectivity index (χ0n) is 4.17. The van der Waals surface area contributed by atoms with E-state index in [0.717, 1.165) is 0 Å². The van der Waals surface area contributed by atoms with Gasteiger partial charge in [0, 0.05) is 0 Å². The summed E-state index contributed by atoms with van der Waals surface area (Å²) in [6.07, 6.45) is 0. The number of carbonyl (C=O) groups is 2. The van der Waals surface area contributed by atoms with Crippen molar-refractivity contribution in [2.75, 3.05) is 0 Å². The molecule has 0 atom stereocenters. The fraction of sp³-hybridized carbons (Fsp3) is 0.500. The zero-order chi connectivity index (χ0) is 5.86. The topological polar surface area (TPSA) is 34.1 Å². The Labute approximate surface area is 49.9 Å². The summed E-state index contributed by atoms with van der Waals surface area (Å²) in [6, 6.07) is 0. The molecule has 0 aliphatic carbocycles. The van der Waals surface area contributed by atoms with E-state index in [1.165, 1.54) is 13.8 Å². The summed E-state index contributed by atoms with van der Waals surface area (Å²) < 4.78 is 0.0550. The van der Waals surface area contributed by atoms with Crippen LogP contribution in [0.15, 0.2) is 0 Å². The van der Waals surface area contributed by atoms with Crippen molar-refractivity contribution in [3.05, 3.63) is 0 Å². The van der Waals surface area contributed by atoms with Crippen molar-refractivity contribution in [3.63, 3.8) is 0 Å². The first-order valence-corrected chi connectivity index (χ1v) is 3.50. The van der Waals surface area contributed by atoms with Gasteiger partial charge in [0.2, 0.25) is 0 Å². The molecule has 0 N–H and O–H groups in total. The molecule has 0 fully saturated rings. The van der Waals surface area contributed by atoms with Crippen molar-refractivity contribution < 1.29 is 26.7 Å². The summed E-state index contributed by atoms with van der Waals surface area (Å²) in [5, 5.41) is 0. The SMILES string of the molecule is C[C](=O)[Ru][C](C)=O. The van der Waals surface area contributed by atoms with Gasteiger partial charge in [-0.25, -0.2) is 0 Å². The van der Waals surface area contributed by atoms with Crippen LogP contribution in [0.2, 0.25) is 0 Å². The van der Waals surface area contributed by atoms with E-state index in [1.807, 2.05) is 0 Å². The van der Waals surface area contributed by atoms with Crippen LogP contribution in [0.5, 0.6) is 0 Å². The molecule has 2 nitrogen and oxygen atoms in total. The Hall–Kier alpha value is -0.0366. The van der Waals surface area contributed by atoms with E-state index < -0.39 is 17.1 Å². The van der Waals surface area contributed by atoms with Gasteiger partial charge in [0.05, 0.1) is 0 Å². The van der Waals surface area contributed by atoms with E-state index >= 15 is 0 Å². The van der Waals surface area contributed by atoms with Gasteiger partial charge in [-0.3, -0.25) is 0 Å². The Kier molecular flexibility index (Phi) is 3.01. The quantitative estimate of drug-likeness (QED) is 0.577. The molecule has 0 rings (SSSR count). The van der Waals surface area contributed by atoms with Crippen molar-refractivity contribution in [3.8, 4) is 0 Å². The van der Waals surface area contributed by atoms with Gasteiger partial charge in [-0.1, -0.05) is 0 Å². The van der Waals surface area contributed by atoms with E-state index in [-0.39, 0.29) is 8.76 Å². The number of hydrogen-bond acceptors (Lipinski definition) is 2. The van der Waals surface area contributed by atoms with Gasteiger partial charge in [0.25, 0.3) is 0 Å². The molecule has 0 heterocycles. The van der Waals surface area contributed by atoms with E-state index in [9.17, 15) is 9.59 Å². The average Bonchev–Trinajstić information content (AvgIpc) is 1.27. The van der Waals surface area contributed by atoms with E-state index in [4.69, 9.17) is 0 Å². The summed E-state index contributed by atoms with van der Waals surface area (Å²) in [4.78, 5) is 20.1. The standard InChI is InChI=1S/2C2H3O.Ru/c2*1-2-3;/h2*1H3;. The van der Waals surface area contributed by atoms with Crippen LogP contribution < -0.4 is 0 Å². The molecule has 0 radical (unpaired) electrons. The Bertz CT molecular complexity index is 85.9. The van der Waals surface area contributed by atoms with Gasteiger partial charge in [0.15, 0.2) is 0 Å². The van der Waals surface area contributed by atoms with Crippen LogP contribution in [-0.4, -0.2) is 8.76 Å². The predicted molar refractivity (Wildman–Crippen MR) is 21.4 cm³/mol. The molecule has 0 amide bonds. The molecule has 0 aromatic rings. The maximum atomic E-state index is 10.1. The first-order chi connectivity index (χ1) is 3.13. The van der Waals surface area contributed by atoms with Crippen molar-refractivity contribution >= 4 is 8.76 Å². The minimum atomic E-state index is -0.617. The van der Waals surface area contributed by atoms with Crippen molar-refractivity contribution in [2.24, 2.45) is 0 Å². The van der Waals surface area contributed by atoms with Crippen LogP contribution >= 0.6 is 0 Å². The second-order valence-electron chi connectivity index (χ2n) is 0.995. The van der Waals surface area contributed by atoms with Gasteiger partial charge in [-0.15, -0.1) is 0 Å². The molecule has 0 saturated heterocycles. The van der Waals surface area contributed by atoms with E-state index in [0.29, 0.717) is 0 Å². The monoisotopic (exact) mass is 188 g/mol. The number of hydrogen-bond donors (Lipinski definition) is 0. The Balaban J connectivity index is 3.32. The second-order valence-corrected chi connectivity index (χ2v) is 3.88. The van der Waals surface area contributed by atoms with Crippen molar-refractivity contribution in [1.29, 1.82) is 0 Å². The fourth-order valence-corrected chi connectivity index (χ4v) is 1.04. The van der Waals surface area contributed by atoms with Crippen LogP contribution in [0, 0.1) is 0 Å². The molecular weight excluding hydrogens is 181 g/mol. The zero-order valence-corrected chi connectivity index (χ0v) is 5.91. The van der Waals surface area contributed by atoms with Gasteiger partial charge >= 0.3 is 49.3 Å². The van der Waals surface area contributed by atoms with E-state index in [1.54, 1.807) is 0 Å². The third-order valence-electron chi connectivity index (χ3n) is 0.249. The number of rotatable bonds is 2. The van der Waals surface area contributed by atoms with Gasteiger partial charge in [-0.05, 0) is 0 Å². The van der Waals surface area contributed by atoms with Crippen LogP contribution in [-0.2, 0) is 26.7 Å². The molecule has 3 heteroatoms. The molecule has 0 spiro atoms. The van der Waals surface area contributed by atoms with Gasteiger partial charge in [-0.2, -0.15) is 0 Å². The predicted octanol–water partition coefficient (Wildman–Crippen LogP) is 0.162. The molecule has 0 aliphatic heterocycles. The van der Waals surface area contributed by atoms with Crippen LogP contribution in [0.3, 0.4) is 0 Å². The maximum absolute atomic E-state index is 10.1. The normalized spacial score (nSPS) is 8.86. The fourth-order valence-electron chi connectivity index (χ4n) is 0.175. The third kappa shape index (κ3) is 5.96. The third-order valence-corrected chi connectivity index (χ3v) is 1.47.